The number of thioether (sulfide) groups is 1. The summed E-state index contributed by atoms with van der Waals surface area (Å²) in [5, 5.41) is 11.3. The molecule has 11 nitrogen and oxygen atoms in total. The fourth-order valence-corrected chi connectivity index (χ4v) is 4.61. The second kappa shape index (κ2) is 9.95. The van der Waals surface area contributed by atoms with Gasteiger partial charge in [-0.1, -0.05) is 12.1 Å². The summed E-state index contributed by atoms with van der Waals surface area (Å²) in [4.78, 5) is 59.8. The molecule has 0 bridgehead atoms. The number of nitrogens with one attached hydrogen (secondary N) is 1. The maximum atomic E-state index is 12.6. The third-order valence-electron chi connectivity index (χ3n) is 4.96. The highest BCUT2D eigenvalue weighted by molar-refractivity contribution is 8.00. The number of carbonyl (C=O) groups excluding carboxylic acids is 4. The fourth-order valence-electron chi connectivity index (χ4n) is 3.29. The second-order valence-electron chi connectivity index (χ2n) is 7.37. The lowest BCUT2D eigenvalue weighted by Crippen LogP contribution is -2.71. The summed E-state index contributed by atoms with van der Waals surface area (Å²) < 4.78 is 45.9. The molecule has 0 spiro atoms. The quantitative estimate of drug-likeness (QED) is 0.263. The molecule has 4 N–H and O–H groups in total. The summed E-state index contributed by atoms with van der Waals surface area (Å²) in [7, 11) is 0. The van der Waals surface area contributed by atoms with E-state index in [0.717, 1.165) is 35.7 Å². The molecule has 0 radical (unpaired) electrons. The summed E-state index contributed by atoms with van der Waals surface area (Å²) >= 11 is 1.16. The Kier molecular flexibility index (Phi) is 7.40. The lowest BCUT2D eigenvalue weighted by molar-refractivity contribution is -0.189. The van der Waals surface area contributed by atoms with Crippen LogP contribution in [-0.4, -0.2) is 69.7 Å². The molecule has 3 atom stereocenters. The van der Waals surface area contributed by atoms with Crippen molar-refractivity contribution in [3.8, 4) is 5.75 Å². The predicted octanol–water partition coefficient (Wildman–Crippen LogP) is 0.456. The van der Waals surface area contributed by atoms with Gasteiger partial charge in [-0.25, -0.2) is 9.59 Å². The fraction of sp³-hybridized carbons (Fsp3) is 0.350. The molecule has 1 saturated heterocycles. The SMILES string of the molecule is CC(=O)OCC1=C(C(=O)O)N2C(=O)[C@@H](NC(=O)C(N)c3ccc(OC(=O)C(F)(F)F)cc3)[C@H]2SC1. The number of hydrogen-bond donors (Lipinski definition) is 3. The topological polar surface area (TPSA) is 165 Å². The van der Waals surface area contributed by atoms with Gasteiger partial charge in [-0.05, 0) is 17.7 Å². The molecule has 2 aliphatic heterocycles. The zero-order chi connectivity index (χ0) is 26.1. The standard InChI is InChI=1S/C20H18F3N3O8S/c1-8(27)33-6-10-7-35-17-13(16(29)26(17)14(10)18(30)31)25-15(28)12(24)9-2-4-11(5-3-9)34-19(32)20(21,22)23/h2-5,12-13,17H,6-7,24H2,1H3,(H,25,28)(H,30,31)/t12?,13-,17-/m1/s1. The van der Waals surface area contributed by atoms with Crippen LogP contribution in [0.4, 0.5) is 13.2 Å². The second-order valence-corrected chi connectivity index (χ2v) is 8.47. The predicted molar refractivity (Wildman–Crippen MR) is 111 cm³/mol. The van der Waals surface area contributed by atoms with Crippen LogP contribution in [-0.2, 0) is 28.7 Å². The number of esters is 2. The lowest BCUT2D eigenvalue weighted by atomic mass is 10.0. The van der Waals surface area contributed by atoms with Crippen LogP contribution in [0.2, 0.25) is 0 Å². The van der Waals surface area contributed by atoms with E-state index in [1.54, 1.807) is 0 Å². The van der Waals surface area contributed by atoms with Crippen LogP contribution in [0.3, 0.4) is 0 Å². The molecule has 1 aromatic rings. The van der Waals surface area contributed by atoms with E-state index in [-0.39, 0.29) is 29.2 Å². The van der Waals surface area contributed by atoms with Gasteiger partial charge >= 0.3 is 24.1 Å². The number of carboxylic acid groups (broad SMARTS) is 1. The van der Waals surface area contributed by atoms with Gasteiger partial charge in [-0.2, -0.15) is 13.2 Å². The summed E-state index contributed by atoms with van der Waals surface area (Å²) in [6.07, 6.45) is -5.17. The van der Waals surface area contributed by atoms with E-state index in [2.05, 4.69) is 10.1 Å². The minimum absolute atomic E-state index is 0.139. The Balaban J connectivity index is 1.65. The number of benzene rings is 1. The highest BCUT2D eigenvalue weighted by Gasteiger charge is 2.54. The van der Waals surface area contributed by atoms with E-state index in [4.69, 9.17) is 10.5 Å². The van der Waals surface area contributed by atoms with Gasteiger partial charge in [-0.15, -0.1) is 11.8 Å². The molecule has 2 amide bonds. The van der Waals surface area contributed by atoms with E-state index < -0.39 is 59.1 Å². The number of nitrogens with two attached hydrogens (primary N) is 1. The van der Waals surface area contributed by atoms with Crippen molar-refractivity contribution < 1.29 is 51.7 Å². The first kappa shape index (κ1) is 26.0. The van der Waals surface area contributed by atoms with Crippen LogP contribution in [0.25, 0.3) is 0 Å². The van der Waals surface area contributed by atoms with Crippen molar-refractivity contribution in [3.05, 3.63) is 41.1 Å². The molecule has 0 aromatic heterocycles. The average molecular weight is 517 g/mol. The number of rotatable bonds is 7. The minimum atomic E-state index is -5.17. The van der Waals surface area contributed by atoms with E-state index in [9.17, 15) is 42.3 Å². The Morgan fingerprint density at radius 2 is 1.89 bits per heavy atom. The molecule has 15 heteroatoms. The number of hydrogen-bond acceptors (Lipinski definition) is 9. The van der Waals surface area contributed by atoms with Crippen molar-refractivity contribution in [2.45, 2.75) is 30.6 Å². The largest absolute Gasteiger partial charge is 0.491 e. The summed E-state index contributed by atoms with van der Waals surface area (Å²) in [6, 6.07) is 2.00. The molecular formula is C20H18F3N3O8S. The highest BCUT2D eigenvalue weighted by atomic mass is 32.2. The van der Waals surface area contributed by atoms with Crippen molar-refractivity contribution >= 4 is 41.5 Å². The number of halogens is 3. The molecule has 1 aromatic carbocycles. The molecule has 188 valence electrons. The Morgan fingerprint density at radius 1 is 1.26 bits per heavy atom. The van der Waals surface area contributed by atoms with E-state index >= 15 is 0 Å². The average Bonchev–Trinajstić information content (AvgIpc) is 2.79. The number of aliphatic carboxylic acids is 1. The van der Waals surface area contributed by atoms with Gasteiger partial charge in [0.15, 0.2) is 0 Å². The first-order valence-corrected chi connectivity index (χ1v) is 10.8. The number of β-lactam (4-membered cyclic amide) rings is 1. The maximum absolute atomic E-state index is 12.6. The zero-order valence-corrected chi connectivity index (χ0v) is 18.6. The number of fused-ring (bicyclic) bond motifs is 1. The van der Waals surface area contributed by atoms with E-state index in [0.29, 0.717) is 0 Å². The molecule has 35 heavy (non-hydrogen) atoms. The van der Waals surface area contributed by atoms with Gasteiger partial charge in [0, 0.05) is 18.2 Å². The number of alkyl halides is 3. The third kappa shape index (κ3) is 5.57. The molecule has 0 saturated carbocycles. The first-order valence-electron chi connectivity index (χ1n) is 9.79. The summed E-state index contributed by atoms with van der Waals surface area (Å²) in [5.41, 5.74) is 5.95. The Labute approximate surface area is 199 Å². The van der Waals surface area contributed by atoms with Crippen LogP contribution in [0, 0.1) is 0 Å². The number of ether oxygens (including phenoxy) is 2. The van der Waals surface area contributed by atoms with Gasteiger partial charge in [0.1, 0.15) is 35.5 Å². The monoisotopic (exact) mass is 517 g/mol. The minimum Gasteiger partial charge on any atom is -0.477 e. The first-order chi connectivity index (χ1) is 16.3. The van der Waals surface area contributed by atoms with Crippen molar-refractivity contribution in [1.29, 1.82) is 0 Å². The van der Waals surface area contributed by atoms with Crippen LogP contribution in [0.5, 0.6) is 5.75 Å². The smallest absolute Gasteiger partial charge is 0.477 e. The molecule has 1 unspecified atom stereocenters. The van der Waals surface area contributed by atoms with Gasteiger partial charge in [0.25, 0.3) is 5.91 Å². The van der Waals surface area contributed by atoms with Gasteiger partial charge in [0.2, 0.25) is 5.91 Å². The summed E-state index contributed by atoms with van der Waals surface area (Å²) in [5.74, 6) is -6.18. The number of amides is 2. The molecule has 3 rings (SSSR count). The normalized spacial score (nSPS) is 20.4. The number of nitrogens with zero attached hydrogens (tertiary/aromatic N) is 1. The zero-order valence-electron chi connectivity index (χ0n) is 17.8. The summed E-state index contributed by atoms with van der Waals surface area (Å²) in [6.45, 7) is 0.864. The van der Waals surface area contributed by atoms with Gasteiger partial charge in [-0.3, -0.25) is 19.3 Å². The molecule has 2 heterocycles. The number of carboxylic acids is 1. The Bertz CT molecular complexity index is 1110. The lowest BCUT2D eigenvalue weighted by Gasteiger charge is -2.49. The molecular weight excluding hydrogens is 499 g/mol. The van der Waals surface area contributed by atoms with Crippen molar-refractivity contribution in [2.75, 3.05) is 12.4 Å². The van der Waals surface area contributed by atoms with Gasteiger partial charge in [0.05, 0.1) is 0 Å². The molecule has 0 aliphatic carbocycles. The van der Waals surface area contributed by atoms with Crippen LogP contribution in [0.15, 0.2) is 35.5 Å². The van der Waals surface area contributed by atoms with Crippen LogP contribution in [0.1, 0.15) is 18.5 Å². The van der Waals surface area contributed by atoms with E-state index in [1.807, 2.05) is 0 Å². The Morgan fingerprint density at radius 3 is 2.43 bits per heavy atom. The third-order valence-corrected chi connectivity index (χ3v) is 6.30. The number of carbonyl (C=O) groups is 5. The molecule has 1 fully saturated rings. The highest BCUT2D eigenvalue weighted by Crippen LogP contribution is 2.40. The van der Waals surface area contributed by atoms with Crippen molar-refractivity contribution in [1.82, 2.24) is 10.2 Å². The van der Waals surface area contributed by atoms with Crippen LogP contribution >= 0.6 is 11.8 Å². The van der Waals surface area contributed by atoms with Crippen molar-refractivity contribution in [2.24, 2.45) is 5.73 Å². The van der Waals surface area contributed by atoms with E-state index in [1.165, 1.54) is 12.1 Å². The maximum Gasteiger partial charge on any atom is 0.491 e. The Hall–Kier alpha value is -3.59. The van der Waals surface area contributed by atoms with Crippen molar-refractivity contribution in [3.63, 3.8) is 0 Å². The molecule has 2 aliphatic rings. The van der Waals surface area contributed by atoms with Crippen LogP contribution < -0.4 is 15.8 Å². The van der Waals surface area contributed by atoms with Gasteiger partial charge < -0.3 is 25.6 Å².